The van der Waals surface area contributed by atoms with Crippen LogP contribution in [0.2, 0.25) is 0 Å². The smallest absolute Gasteiger partial charge is 0.212 e. The molecular weight excluding hydrogens is 355 g/mol. The van der Waals surface area contributed by atoms with Crippen molar-refractivity contribution in [1.82, 2.24) is 10.0 Å². The Bertz CT molecular complexity index is 715. The Morgan fingerprint density at radius 1 is 1.23 bits per heavy atom. The molecule has 0 saturated heterocycles. The van der Waals surface area contributed by atoms with Gasteiger partial charge in [-0.15, -0.1) is 0 Å². The summed E-state index contributed by atoms with van der Waals surface area (Å²) in [6.45, 7) is 1.43. The van der Waals surface area contributed by atoms with Crippen molar-refractivity contribution in [3.05, 3.63) is 29.6 Å². The van der Waals surface area contributed by atoms with Crippen LogP contribution in [0.1, 0.15) is 50.5 Å². The van der Waals surface area contributed by atoms with Crippen LogP contribution in [0.25, 0.3) is 0 Å². The molecule has 0 amide bonds. The van der Waals surface area contributed by atoms with Gasteiger partial charge in [0.15, 0.2) is 11.6 Å². The number of ether oxygens (including phenoxy) is 1. The Morgan fingerprint density at radius 3 is 2.65 bits per heavy atom. The molecule has 146 valence electrons. The quantitative estimate of drug-likeness (QED) is 0.544. The maximum absolute atomic E-state index is 14.0. The molecule has 2 aliphatic rings. The highest BCUT2D eigenvalue weighted by atomic mass is 32.2. The Kier molecular flexibility index (Phi) is 6.20. The molecule has 3 rings (SSSR count). The number of hydrogen-bond acceptors (Lipinski definition) is 4. The van der Waals surface area contributed by atoms with Crippen molar-refractivity contribution in [2.24, 2.45) is 5.92 Å². The van der Waals surface area contributed by atoms with E-state index in [1.165, 1.54) is 6.07 Å². The number of nitrogens with one attached hydrogen (secondary N) is 2. The van der Waals surface area contributed by atoms with E-state index in [0.717, 1.165) is 50.6 Å². The summed E-state index contributed by atoms with van der Waals surface area (Å²) >= 11 is 0. The van der Waals surface area contributed by atoms with E-state index in [9.17, 15) is 12.8 Å². The van der Waals surface area contributed by atoms with Gasteiger partial charge in [0.25, 0.3) is 0 Å². The van der Waals surface area contributed by atoms with Crippen LogP contribution in [-0.4, -0.2) is 34.4 Å². The first kappa shape index (κ1) is 19.6. The van der Waals surface area contributed by atoms with E-state index in [-0.39, 0.29) is 11.5 Å². The number of unbranched alkanes of at least 4 members (excludes halogenated alkanes) is 2. The largest absolute Gasteiger partial charge is 0.490 e. The van der Waals surface area contributed by atoms with E-state index in [0.29, 0.717) is 18.9 Å². The lowest BCUT2D eigenvalue weighted by Crippen LogP contribution is -2.36. The van der Waals surface area contributed by atoms with Crippen molar-refractivity contribution in [2.75, 3.05) is 26.0 Å². The van der Waals surface area contributed by atoms with E-state index in [1.807, 2.05) is 7.05 Å². The number of sulfonamides is 1. The molecule has 2 N–H and O–H groups in total. The summed E-state index contributed by atoms with van der Waals surface area (Å²) in [5, 5.41) is 3.06. The van der Waals surface area contributed by atoms with Crippen molar-refractivity contribution < 1.29 is 17.5 Å². The Hall–Kier alpha value is -1.18. The molecule has 1 aromatic rings. The highest BCUT2D eigenvalue weighted by Crippen LogP contribution is 2.47. The third-order valence-electron chi connectivity index (χ3n) is 5.10. The molecule has 2 saturated carbocycles. The predicted molar refractivity (Wildman–Crippen MR) is 100 cm³/mol. The standard InChI is InChI=1S/C19H29FN2O3S/c1-21-11-3-2-4-12-26(23,24)22-19(9-10-19)16-7-8-17(20)18(13-16)25-14-15-5-6-15/h7-8,13,15,21-22H,2-6,9-12,14H2,1H3. The molecule has 7 heteroatoms. The molecule has 0 bridgehead atoms. The van der Waals surface area contributed by atoms with Crippen molar-refractivity contribution >= 4 is 10.0 Å². The Labute approximate surface area is 155 Å². The average Bonchev–Trinajstić information content (AvgIpc) is 3.50. The minimum Gasteiger partial charge on any atom is -0.490 e. The summed E-state index contributed by atoms with van der Waals surface area (Å²) in [6.07, 6.45) is 6.24. The lowest BCUT2D eigenvalue weighted by atomic mass is 10.1. The zero-order chi connectivity index (χ0) is 18.6. The first-order valence-electron chi connectivity index (χ1n) is 9.53. The van der Waals surface area contributed by atoms with Gasteiger partial charge in [-0.3, -0.25) is 0 Å². The molecule has 2 aliphatic carbocycles. The second kappa shape index (κ2) is 8.23. The molecular formula is C19H29FN2O3S. The second-order valence-electron chi connectivity index (χ2n) is 7.57. The zero-order valence-corrected chi connectivity index (χ0v) is 16.2. The average molecular weight is 385 g/mol. The summed E-state index contributed by atoms with van der Waals surface area (Å²) in [5.41, 5.74) is 0.207. The number of halogens is 1. The third-order valence-corrected chi connectivity index (χ3v) is 6.62. The topological polar surface area (TPSA) is 67.4 Å². The fourth-order valence-corrected chi connectivity index (χ4v) is 4.70. The third kappa shape index (κ3) is 5.41. The molecule has 5 nitrogen and oxygen atoms in total. The minimum atomic E-state index is -3.36. The number of rotatable bonds is 12. The van der Waals surface area contributed by atoms with Gasteiger partial charge < -0.3 is 10.1 Å². The lowest BCUT2D eigenvalue weighted by Gasteiger charge is -2.19. The Balaban J connectivity index is 1.59. The van der Waals surface area contributed by atoms with Gasteiger partial charge in [-0.1, -0.05) is 12.5 Å². The first-order valence-corrected chi connectivity index (χ1v) is 11.2. The van der Waals surface area contributed by atoms with Crippen LogP contribution in [0.3, 0.4) is 0 Å². The van der Waals surface area contributed by atoms with Crippen LogP contribution >= 0.6 is 0 Å². The van der Waals surface area contributed by atoms with E-state index >= 15 is 0 Å². The van der Waals surface area contributed by atoms with Gasteiger partial charge in [-0.25, -0.2) is 17.5 Å². The van der Waals surface area contributed by atoms with Crippen LogP contribution in [0.4, 0.5) is 4.39 Å². The molecule has 26 heavy (non-hydrogen) atoms. The minimum absolute atomic E-state index is 0.130. The fraction of sp³-hybridized carbons (Fsp3) is 0.684. The van der Waals surface area contributed by atoms with Gasteiger partial charge in [0.2, 0.25) is 10.0 Å². The first-order chi connectivity index (χ1) is 12.4. The van der Waals surface area contributed by atoms with Crippen molar-refractivity contribution in [2.45, 2.75) is 50.5 Å². The molecule has 0 heterocycles. The van der Waals surface area contributed by atoms with Gasteiger partial charge in [-0.05, 0) is 75.7 Å². The molecule has 0 radical (unpaired) electrons. The highest BCUT2D eigenvalue weighted by Gasteiger charge is 2.47. The van der Waals surface area contributed by atoms with E-state index < -0.39 is 21.4 Å². The highest BCUT2D eigenvalue weighted by molar-refractivity contribution is 7.89. The molecule has 0 unspecified atom stereocenters. The van der Waals surface area contributed by atoms with Crippen LogP contribution in [-0.2, 0) is 15.6 Å². The summed E-state index contributed by atoms with van der Waals surface area (Å²) < 4.78 is 47.3. The van der Waals surface area contributed by atoms with Gasteiger partial charge in [0, 0.05) is 0 Å². The summed E-state index contributed by atoms with van der Waals surface area (Å²) in [5.74, 6) is 0.504. The maximum atomic E-state index is 14.0. The van der Waals surface area contributed by atoms with E-state index in [1.54, 1.807) is 12.1 Å². The summed E-state index contributed by atoms with van der Waals surface area (Å²) in [6, 6.07) is 4.71. The van der Waals surface area contributed by atoms with Crippen LogP contribution in [0.5, 0.6) is 5.75 Å². The SMILES string of the molecule is CNCCCCCS(=O)(=O)NC1(c2ccc(F)c(OCC3CC3)c2)CC1. The molecule has 2 fully saturated rings. The van der Waals surface area contributed by atoms with Crippen LogP contribution in [0, 0.1) is 11.7 Å². The maximum Gasteiger partial charge on any atom is 0.212 e. The molecule has 1 aromatic carbocycles. The zero-order valence-electron chi connectivity index (χ0n) is 15.4. The predicted octanol–water partition coefficient (Wildman–Crippen LogP) is 2.91. The van der Waals surface area contributed by atoms with Gasteiger partial charge in [0.05, 0.1) is 17.9 Å². The lowest BCUT2D eigenvalue weighted by molar-refractivity contribution is 0.284. The number of benzene rings is 1. The molecule has 0 spiro atoms. The van der Waals surface area contributed by atoms with Gasteiger partial charge in [-0.2, -0.15) is 0 Å². The fourth-order valence-electron chi connectivity index (χ4n) is 3.10. The van der Waals surface area contributed by atoms with Gasteiger partial charge in [0.1, 0.15) is 0 Å². The number of hydrogen-bond donors (Lipinski definition) is 2. The second-order valence-corrected chi connectivity index (χ2v) is 9.41. The van der Waals surface area contributed by atoms with Crippen molar-refractivity contribution in [3.8, 4) is 5.75 Å². The van der Waals surface area contributed by atoms with Crippen LogP contribution < -0.4 is 14.8 Å². The van der Waals surface area contributed by atoms with Gasteiger partial charge >= 0.3 is 0 Å². The van der Waals surface area contributed by atoms with Crippen LogP contribution in [0.15, 0.2) is 18.2 Å². The Morgan fingerprint density at radius 2 is 2.00 bits per heavy atom. The van der Waals surface area contributed by atoms with E-state index in [2.05, 4.69) is 10.0 Å². The summed E-state index contributed by atoms with van der Waals surface area (Å²) in [4.78, 5) is 0. The van der Waals surface area contributed by atoms with Crippen molar-refractivity contribution in [1.29, 1.82) is 0 Å². The molecule has 0 aliphatic heterocycles. The van der Waals surface area contributed by atoms with Crippen molar-refractivity contribution in [3.63, 3.8) is 0 Å². The normalized spacial score (nSPS) is 18.7. The van der Waals surface area contributed by atoms with E-state index in [4.69, 9.17) is 4.74 Å². The molecule has 0 aromatic heterocycles. The molecule has 0 atom stereocenters. The monoisotopic (exact) mass is 384 g/mol. The summed E-state index contributed by atoms with van der Waals surface area (Å²) in [7, 11) is -1.47.